The molecule has 7 heteroatoms. The summed E-state index contributed by atoms with van der Waals surface area (Å²) in [5.74, 6) is 0. The van der Waals surface area contributed by atoms with E-state index in [2.05, 4.69) is 0 Å². The van der Waals surface area contributed by atoms with E-state index in [9.17, 15) is 8.42 Å². The van der Waals surface area contributed by atoms with E-state index in [-0.39, 0.29) is 10.8 Å². The van der Waals surface area contributed by atoms with E-state index in [1.807, 2.05) is 18.2 Å². The molecule has 0 spiro atoms. The fourth-order valence-electron chi connectivity index (χ4n) is 1.92. The summed E-state index contributed by atoms with van der Waals surface area (Å²) in [6.45, 7) is 4.22. The lowest BCUT2D eigenvalue weighted by Gasteiger charge is -2.20. The largest absolute Gasteiger partial charge is 0.398 e. The van der Waals surface area contributed by atoms with Gasteiger partial charge in [0.15, 0.2) is 0 Å². The van der Waals surface area contributed by atoms with Crippen molar-refractivity contribution >= 4 is 38.6 Å². The van der Waals surface area contributed by atoms with Crippen molar-refractivity contribution in [1.82, 2.24) is 4.31 Å². The lowest BCUT2D eigenvalue weighted by molar-refractivity contribution is 0.425. The summed E-state index contributed by atoms with van der Waals surface area (Å²) in [6.07, 6.45) is 0. The van der Waals surface area contributed by atoms with Crippen molar-refractivity contribution in [3.63, 3.8) is 0 Å². The minimum absolute atomic E-state index is 0.250. The summed E-state index contributed by atoms with van der Waals surface area (Å²) in [5.41, 5.74) is 8.05. The smallest absolute Gasteiger partial charge is 0.252 e. The fraction of sp³-hybridized carbons (Fsp3) is 0.286. The zero-order valence-electron chi connectivity index (χ0n) is 11.8. The minimum Gasteiger partial charge on any atom is -0.398 e. The van der Waals surface area contributed by atoms with Crippen LogP contribution in [0.5, 0.6) is 0 Å². The van der Waals surface area contributed by atoms with Gasteiger partial charge in [-0.3, -0.25) is 0 Å². The number of halogens is 1. The Morgan fingerprint density at radius 2 is 2.00 bits per heavy atom. The molecule has 0 aliphatic carbocycles. The Labute approximate surface area is 134 Å². The van der Waals surface area contributed by atoms with Crippen molar-refractivity contribution in [3.05, 3.63) is 45.8 Å². The molecular formula is C14H17ClN2O2S2. The molecule has 0 bridgehead atoms. The monoisotopic (exact) mass is 344 g/mol. The van der Waals surface area contributed by atoms with Gasteiger partial charge in [0, 0.05) is 18.8 Å². The van der Waals surface area contributed by atoms with E-state index in [1.54, 1.807) is 26.0 Å². The molecule has 2 rings (SSSR count). The zero-order chi connectivity index (χ0) is 15.6. The predicted octanol–water partition coefficient (Wildman–Crippen LogP) is 3.50. The van der Waals surface area contributed by atoms with Crippen LogP contribution in [0.15, 0.2) is 34.5 Å². The van der Waals surface area contributed by atoms with Gasteiger partial charge in [-0.05, 0) is 30.2 Å². The molecule has 0 saturated heterocycles. The molecule has 0 saturated carbocycles. The van der Waals surface area contributed by atoms with Gasteiger partial charge in [-0.1, -0.05) is 36.7 Å². The van der Waals surface area contributed by atoms with Crippen LogP contribution in [-0.4, -0.2) is 19.3 Å². The van der Waals surface area contributed by atoms with Gasteiger partial charge in [-0.15, -0.1) is 11.3 Å². The standard InChI is InChI=1S/C14H17ClN2O2S2/c1-3-17(9-11-6-4-5-7-12(11)16)21(18,19)13-8-10(2)14(15)20-13/h4-8H,3,9,16H2,1-2H3. The van der Waals surface area contributed by atoms with Gasteiger partial charge in [0.1, 0.15) is 4.21 Å². The number of aryl methyl sites for hydroxylation is 1. The van der Waals surface area contributed by atoms with E-state index >= 15 is 0 Å². The summed E-state index contributed by atoms with van der Waals surface area (Å²) >= 11 is 7.07. The number of nitrogens with two attached hydrogens (primary N) is 1. The van der Waals surface area contributed by atoms with E-state index in [0.29, 0.717) is 16.6 Å². The number of anilines is 1. The van der Waals surface area contributed by atoms with Crippen molar-refractivity contribution in [2.24, 2.45) is 0 Å². The molecular weight excluding hydrogens is 328 g/mol. The van der Waals surface area contributed by atoms with Crippen LogP contribution in [0, 0.1) is 6.92 Å². The van der Waals surface area contributed by atoms with Crippen molar-refractivity contribution in [1.29, 1.82) is 0 Å². The molecule has 21 heavy (non-hydrogen) atoms. The first-order valence-corrected chi connectivity index (χ1v) is 9.09. The third kappa shape index (κ3) is 3.40. The van der Waals surface area contributed by atoms with Crippen LogP contribution in [0.1, 0.15) is 18.1 Å². The molecule has 0 amide bonds. The number of benzene rings is 1. The number of para-hydroxylation sites is 1. The topological polar surface area (TPSA) is 63.4 Å². The van der Waals surface area contributed by atoms with Crippen LogP contribution in [0.4, 0.5) is 5.69 Å². The highest BCUT2D eigenvalue weighted by Crippen LogP contribution is 2.32. The number of nitrogens with zero attached hydrogens (tertiary/aromatic N) is 1. The number of thiophene rings is 1. The molecule has 0 fully saturated rings. The molecule has 0 aliphatic heterocycles. The number of sulfonamides is 1. The van der Waals surface area contributed by atoms with Gasteiger partial charge < -0.3 is 5.73 Å². The summed E-state index contributed by atoms with van der Waals surface area (Å²) in [5, 5.41) is 0. The summed E-state index contributed by atoms with van der Waals surface area (Å²) < 4.78 is 27.5. The maximum Gasteiger partial charge on any atom is 0.252 e. The van der Waals surface area contributed by atoms with Crippen molar-refractivity contribution < 1.29 is 8.42 Å². The van der Waals surface area contributed by atoms with Crippen molar-refractivity contribution in [3.8, 4) is 0 Å². The average molecular weight is 345 g/mol. The number of hydrogen-bond donors (Lipinski definition) is 1. The normalized spacial score (nSPS) is 12.0. The highest BCUT2D eigenvalue weighted by Gasteiger charge is 2.26. The average Bonchev–Trinajstić information content (AvgIpc) is 2.78. The predicted molar refractivity (Wildman–Crippen MR) is 88.2 cm³/mol. The fourth-order valence-corrected chi connectivity index (χ4v) is 5.21. The van der Waals surface area contributed by atoms with Crippen LogP contribution in [0.25, 0.3) is 0 Å². The second kappa shape index (κ2) is 6.36. The number of rotatable bonds is 5. The molecule has 2 aromatic rings. The zero-order valence-corrected chi connectivity index (χ0v) is 14.2. The maximum absolute atomic E-state index is 12.7. The lowest BCUT2D eigenvalue weighted by Crippen LogP contribution is -2.30. The van der Waals surface area contributed by atoms with Crippen LogP contribution in [0.2, 0.25) is 4.34 Å². The molecule has 1 aromatic carbocycles. The second-order valence-corrected chi connectivity index (χ2v) is 8.47. The number of hydrogen-bond acceptors (Lipinski definition) is 4. The van der Waals surface area contributed by atoms with Crippen LogP contribution in [-0.2, 0) is 16.6 Å². The Morgan fingerprint density at radius 1 is 1.33 bits per heavy atom. The highest BCUT2D eigenvalue weighted by atomic mass is 35.5. The van der Waals surface area contributed by atoms with Crippen molar-refractivity contribution in [2.45, 2.75) is 24.6 Å². The van der Waals surface area contributed by atoms with Crippen LogP contribution in [0.3, 0.4) is 0 Å². The molecule has 4 nitrogen and oxygen atoms in total. The van der Waals surface area contributed by atoms with E-state index < -0.39 is 10.0 Å². The lowest BCUT2D eigenvalue weighted by atomic mass is 10.2. The third-order valence-corrected chi connectivity index (χ3v) is 7.11. The van der Waals surface area contributed by atoms with Gasteiger partial charge in [0.25, 0.3) is 10.0 Å². The summed E-state index contributed by atoms with van der Waals surface area (Å²) in [4.78, 5) is 0. The molecule has 1 heterocycles. The second-order valence-electron chi connectivity index (χ2n) is 4.65. The van der Waals surface area contributed by atoms with Gasteiger partial charge in [0.2, 0.25) is 0 Å². The molecule has 0 atom stereocenters. The first kappa shape index (κ1) is 16.3. The van der Waals surface area contributed by atoms with Gasteiger partial charge in [-0.25, -0.2) is 8.42 Å². The van der Waals surface area contributed by atoms with E-state index in [0.717, 1.165) is 22.5 Å². The van der Waals surface area contributed by atoms with Crippen LogP contribution < -0.4 is 5.73 Å². The van der Waals surface area contributed by atoms with Crippen molar-refractivity contribution in [2.75, 3.05) is 12.3 Å². The minimum atomic E-state index is -3.56. The molecule has 1 aromatic heterocycles. The van der Waals surface area contributed by atoms with Gasteiger partial charge in [0.05, 0.1) is 4.34 Å². The quantitative estimate of drug-likeness (QED) is 0.844. The van der Waals surface area contributed by atoms with Gasteiger partial charge in [-0.2, -0.15) is 4.31 Å². The Kier molecular flexibility index (Phi) is 4.93. The summed E-state index contributed by atoms with van der Waals surface area (Å²) in [6, 6.07) is 8.88. The molecule has 2 N–H and O–H groups in total. The van der Waals surface area contributed by atoms with Gasteiger partial charge >= 0.3 is 0 Å². The van der Waals surface area contributed by atoms with E-state index in [4.69, 9.17) is 17.3 Å². The first-order valence-electron chi connectivity index (χ1n) is 6.45. The maximum atomic E-state index is 12.7. The number of nitrogen functional groups attached to an aromatic ring is 1. The van der Waals surface area contributed by atoms with E-state index in [1.165, 1.54) is 4.31 Å². The Morgan fingerprint density at radius 3 is 2.52 bits per heavy atom. The Hall–Kier alpha value is -1.08. The molecule has 0 aliphatic rings. The first-order chi connectivity index (χ1) is 9.86. The molecule has 0 radical (unpaired) electrons. The van der Waals surface area contributed by atoms with Crippen LogP contribution >= 0.6 is 22.9 Å². The molecule has 114 valence electrons. The Balaban J connectivity index is 2.34. The third-order valence-electron chi connectivity index (χ3n) is 3.18. The molecule has 0 unspecified atom stereocenters. The summed E-state index contributed by atoms with van der Waals surface area (Å²) in [7, 11) is -3.56. The Bertz CT molecular complexity index is 722. The SMILES string of the molecule is CCN(Cc1ccccc1N)S(=O)(=O)c1cc(C)c(Cl)s1. The highest BCUT2D eigenvalue weighted by molar-refractivity contribution is 7.91.